The summed E-state index contributed by atoms with van der Waals surface area (Å²) in [6.45, 7) is 8.09. The van der Waals surface area contributed by atoms with Crippen molar-refractivity contribution in [1.82, 2.24) is 0 Å². The van der Waals surface area contributed by atoms with Crippen molar-refractivity contribution in [2.45, 2.75) is 65.6 Å². The van der Waals surface area contributed by atoms with E-state index >= 15 is 0 Å². The molecule has 0 saturated carbocycles. The molecule has 0 amide bonds. The molecule has 154 valence electrons. The third kappa shape index (κ3) is 5.61. The first-order valence-electron chi connectivity index (χ1n) is 9.74. The number of ether oxygens (including phenoxy) is 2. The minimum absolute atomic E-state index is 0.0334. The Labute approximate surface area is 167 Å². The molecule has 1 aliphatic carbocycles. The second kappa shape index (κ2) is 9.28. The number of hydrogen-bond acceptors (Lipinski definition) is 5. The highest BCUT2D eigenvalue weighted by Crippen LogP contribution is 2.32. The van der Waals surface area contributed by atoms with Crippen molar-refractivity contribution in [3.05, 3.63) is 47.1 Å². The zero-order chi connectivity index (χ0) is 20.9. The number of rotatable bonds is 3. The van der Waals surface area contributed by atoms with E-state index in [0.717, 1.165) is 24.8 Å². The maximum absolute atomic E-state index is 12.7. The average molecular weight is 389 g/mol. The second-order valence-electron chi connectivity index (χ2n) is 8.26. The van der Waals surface area contributed by atoms with Crippen LogP contribution in [0.5, 0.6) is 11.5 Å². The molecule has 1 aromatic rings. The summed E-state index contributed by atoms with van der Waals surface area (Å²) in [5.41, 5.74) is 2.14. The quantitative estimate of drug-likeness (QED) is 0.576. The van der Waals surface area contributed by atoms with Gasteiger partial charge in [-0.2, -0.15) is 0 Å². The predicted molar refractivity (Wildman–Crippen MR) is 110 cm³/mol. The monoisotopic (exact) mass is 388 g/mol. The molecule has 1 aliphatic rings. The van der Waals surface area contributed by atoms with E-state index < -0.39 is 18.2 Å². The molecule has 0 saturated heterocycles. The van der Waals surface area contributed by atoms with Gasteiger partial charge in [-0.3, -0.25) is 0 Å². The molecule has 0 bridgehead atoms. The first kappa shape index (κ1) is 22.0. The van der Waals surface area contributed by atoms with E-state index in [4.69, 9.17) is 9.47 Å². The Kier molecular flexibility index (Phi) is 7.30. The molecule has 2 atom stereocenters. The highest BCUT2D eigenvalue weighted by molar-refractivity contribution is 5.90. The van der Waals surface area contributed by atoms with Crippen molar-refractivity contribution in [2.75, 3.05) is 7.11 Å². The standard InChI is InChI=1S/C23H32O5/c1-15-7-6-12-23(3,4)21(25)13-16(2)19(11-8-15)28-22(26)17-9-10-18(24)20(14-17)27-5/h8-10,13-14,19,21,24-25H,6-7,11-12H2,1-5H3/b15-8?,16-13+/t19-,21+/m1/s1. The SMILES string of the molecule is COc1cc(C(=O)O[C@@H]2CC=C(C)CCCC(C)(C)[C@@H](O)/C=C/2C)ccc1O. The van der Waals surface area contributed by atoms with Gasteiger partial charge in [0.2, 0.25) is 0 Å². The van der Waals surface area contributed by atoms with Gasteiger partial charge in [-0.05, 0) is 62.3 Å². The summed E-state index contributed by atoms with van der Waals surface area (Å²) in [7, 11) is 1.43. The number of phenolic OH excluding ortho intramolecular Hbond substituents is 1. The van der Waals surface area contributed by atoms with Crippen LogP contribution in [0.25, 0.3) is 0 Å². The van der Waals surface area contributed by atoms with Crippen molar-refractivity contribution in [3.63, 3.8) is 0 Å². The number of benzene rings is 1. The molecule has 0 aliphatic heterocycles. The maximum atomic E-state index is 12.7. The highest BCUT2D eigenvalue weighted by Gasteiger charge is 2.28. The number of hydrogen-bond donors (Lipinski definition) is 2. The number of allylic oxidation sites excluding steroid dienone is 1. The minimum atomic E-state index is -0.610. The van der Waals surface area contributed by atoms with Crippen LogP contribution in [-0.4, -0.2) is 35.5 Å². The summed E-state index contributed by atoms with van der Waals surface area (Å²) < 4.78 is 10.8. The van der Waals surface area contributed by atoms with Crippen LogP contribution in [0.15, 0.2) is 41.5 Å². The summed E-state index contributed by atoms with van der Waals surface area (Å²) >= 11 is 0. The third-order valence-corrected chi connectivity index (χ3v) is 5.47. The first-order valence-corrected chi connectivity index (χ1v) is 9.74. The number of aliphatic hydroxyl groups excluding tert-OH is 1. The Morgan fingerprint density at radius 3 is 2.64 bits per heavy atom. The number of methoxy groups -OCH3 is 1. The summed E-state index contributed by atoms with van der Waals surface area (Å²) in [6, 6.07) is 4.37. The normalized spacial score (nSPS) is 24.9. The molecule has 2 N–H and O–H groups in total. The predicted octanol–water partition coefficient (Wildman–Crippen LogP) is 4.78. The summed E-state index contributed by atoms with van der Waals surface area (Å²) in [5.74, 6) is -0.309. The van der Waals surface area contributed by atoms with Crippen LogP contribution in [0.3, 0.4) is 0 Å². The van der Waals surface area contributed by atoms with Crippen LogP contribution in [0, 0.1) is 5.41 Å². The van der Waals surface area contributed by atoms with Crippen LogP contribution in [0.2, 0.25) is 0 Å². The lowest BCUT2D eigenvalue weighted by molar-refractivity contribution is 0.0367. The van der Waals surface area contributed by atoms with Crippen LogP contribution < -0.4 is 4.74 Å². The van der Waals surface area contributed by atoms with Gasteiger partial charge >= 0.3 is 5.97 Å². The van der Waals surface area contributed by atoms with E-state index in [0.29, 0.717) is 12.0 Å². The highest BCUT2D eigenvalue weighted by atomic mass is 16.5. The van der Waals surface area contributed by atoms with Crippen LogP contribution >= 0.6 is 0 Å². The molecule has 28 heavy (non-hydrogen) atoms. The topological polar surface area (TPSA) is 76.0 Å². The van der Waals surface area contributed by atoms with Gasteiger partial charge < -0.3 is 19.7 Å². The largest absolute Gasteiger partial charge is 0.504 e. The molecule has 0 radical (unpaired) electrons. The molecule has 5 heteroatoms. The van der Waals surface area contributed by atoms with E-state index in [2.05, 4.69) is 26.8 Å². The van der Waals surface area contributed by atoms with E-state index in [1.165, 1.54) is 30.9 Å². The van der Waals surface area contributed by atoms with Crippen LogP contribution in [0.4, 0.5) is 0 Å². The van der Waals surface area contributed by atoms with Gasteiger partial charge in [0.1, 0.15) is 6.10 Å². The Morgan fingerprint density at radius 1 is 1.25 bits per heavy atom. The van der Waals surface area contributed by atoms with Gasteiger partial charge in [0.05, 0.1) is 18.8 Å². The third-order valence-electron chi connectivity index (χ3n) is 5.47. The molecule has 5 nitrogen and oxygen atoms in total. The number of carbonyl (C=O) groups excluding carboxylic acids is 1. The van der Waals surface area contributed by atoms with Gasteiger partial charge in [0.15, 0.2) is 11.5 Å². The molecular formula is C23H32O5. The first-order chi connectivity index (χ1) is 13.1. The zero-order valence-corrected chi connectivity index (χ0v) is 17.5. The number of phenols is 1. The van der Waals surface area contributed by atoms with Gasteiger partial charge in [0, 0.05) is 6.42 Å². The van der Waals surface area contributed by atoms with Crippen molar-refractivity contribution >= 4 is 5.97 Å². The summed E-state index contributed by atoms with van der Waals surface area (Å²) in [4.78, 5) is 12.7. The van der Waals surface area contributed by atoms with Gasteiger partial charge in [-0.15, -0.1) is 0 Å². The van der Waals surface area contributed by atoms with Gasteiger partial charge in [0.25, 0.3) is 0 Å². The molecule has 0 unspecified atom stereocenters. The van der Waals surface area contributed by atoms with Crippen molar-refractivity contribution < 1.29 is 24.5 Å². The number of esters is 1. The Bertz CT molecular complexity index is 760. The zero-order valence-electron chi connectivity index (χ0n) is 17.5. The summed E-state index contributed by atoms with van der Waals surface area (Å²) in [5, 5.41) is 20.4. The lowest BCUT2D eigenvalue weighted by atomic mass is 9.80. The Balaban J connectivity index is 2.28. The number of aromatic hydroxyl groups is 1. The van der Waals surface area contributed by atoms with Crippen LogP contribution in [0.1, 0.15) is 63.7 Å². The van der Waals surface area contributed by atoms with Gasteiger partial charge in [-0.1, -0.05) is 31.6 Å². The smallest absolute Gasteiger partial charge is 0.338 e. The average Bonchev–Trinajstić information content (AvgIpc) is 2.65. The van der Waals surface area contributed by atoms with Crippen molar-refractivity contribution in [2.24, 2.45) is 5.41 Å². The lowest BCUT2D eigenvalue weighted by Gasteiger charge is -2.29. The van der Waals surface area contributed by atoms with Crippen molar-refractivity contribution in [1.29, 1.82) is 0 Å². The Morgan fingerprint density at radius 2 is 1.96 bits per heavy atom. The molecule has 2 rings (SSSR count). The van der Waals surface area contributed by atoms with E-state index in [1.807, 2.05) is 13.0 Å². The van der Waals surface area contributed by atoms with E-state index in [1.54, 1.807) is 0 Å². The molecule has 1 aromatic carbocycles. The fraction of sp³-hybridized carbons (Fsp3) is 0.522. The molecule has 0 aromatic heterocycles. The second-order valence-corrected chi connectivity index (χ2v) is 8.26. The van der Waals surface area contributed by atoms with Crippen LogP contribution in [-0.2, 0) is 4.74 Å². The number of carbonyl (C=O) groups is 1. The molecule has 0 heterocycles. The fourth-order valence-electron chi connectivity index (χ4n) is 3.29. The number of aliphatic hydroxyl groups is 1. The fourth-order valence-corrected chi connectivity index (χ4v) is 3.29. The molecular weight excluding hydrogens is 356 g/mol. The maximum Gasteiger partial charge on any atom is 0.338 e. The van der Waals surface area contributed by atoms with Gasteiger partial charge in [-0.25, -0.2) is 4.79 Å². The van der Waals surface area contributed by atoms with E-state index in [-0.39, 0.29) is 16.9 Å². The van der Waals surface area contributed by atoms with E-state index in [9.17, 15) is 15.0 Å². The van der Waals surface area contributed by atoms with Crippen molar-refractivity contribution in [3.8, 4) is 11.5 Å². The molecule has 0 spiro atoms. The molecule has 0 fully saturated rings. The lowest BCUT2D eigenvalue weighted by Crippen LogP contribution is -2.29. The Hall–Kier alpha value is -2.27. The minimum Gasteiger partial charge on any atom is -0.504 e. The summed E-state index contributed by atoms with van der Waals surface area (Å²) in [6.07, 6.45) is 6.29.